The number of para-hydroxylation sites is 1. The second kappa shape index (κ2) is 7.33. The van der Waals surface area contributed by atoms with Crippen LogP contribution in [0.2, 0.25) is 0 Å². The van der Waals surface area contributed by atoms with Gasteiger partial charge in [0.25, 0.3) is 11.8 Å². The molecule has 0 unspecified atom stereocenters. The highest BCUT2D eigenvalue weighted by Gasteiger charge is 2.51. The molecule has 27 heavy (non-hydrogen) atoms. The van der Waals surface area contributed by atoms with Gasteiger partial charge in [-0.05, 0) is 67.9 Å². The number of rotatable bonds is 5. The normalized spacial score (nSPS) is 30.6. The van der Waals surface area contributed by atoms with Crippen molar-refractivity contribution in [3.63, 3.8) is 0 Å². The van der Waals surface area contributed by atoms with E-state index in [0.29, 0.717) is 17.6 Å². The van der Waals surface area contributed by atoms with Crippen molar-refractivity contribution < 1.29 is 23.9 Å². The molecule has 0 radical (unpaired) electrons. The maximum atomic E-state index is 12.6. The van der Waals surface area contributed by atoms with E-state index in [4.69, 9.17) is 9.47 Å². The van der Waals surface area contributed by atoms with E-state index < -0.39 is 18.4 Å². The minimum absolute atomic E-state index is 0.0736. The summed E-state index contributed by atoms with van der Waals surface area (Å²) in [5, 5.41) is 2.26. The zero-order chi connectivity index (χ0) is 19.0. The average Bonchev–Trinajstić information content (AvgIpc) is 2.65. The fraction of sp³-hybridized carbons (Fsp3) is 0.571. The molecule has 1 aromatic rings. The van der Waals surface area contributed by atoms with Crippen LogP contribution < -0.4 is 10.1 Å². The fourth-order valence-corrected chi connectivity index (χ4v) is 5.61. The number of methoxy groups -OCH3 is 1. The molecule has 4 bridgehead atoms. The van der Waals surface area contributed by atoms with Crippen LogP contribution in [-0.4, -0.2) is 31.5 Å². The van der Waals surface area contributed by atoms with Crippen LogP contribution in [-0.2, 0) is 14.3 Å². The number of nitrogens with one attached hydrogen (secondary N) is 1. The molecule has 5 rings (SSSR count). The van der Waals surface area contributed by atoms with E-state index in [2.05, 4.69) is 5.32 Å². The summed E-state index contributed by atoms with van der Waals surface area (Å²) in [6, 6.07) is 6.65. The van der Waals surface area contributed by atoms with Crippen molar-refractivity contribution in [3.05, 3.63) is 29.8 Å². The quantitative estimate of drug-likeness (QED) is 0.805. The number of carbonyl (C=O) groups excluding carboxylic acids is 3. The van der Waals surface area contributed by atoms with Gasteiger partial charge in [0.2, 0.25) is 0 Å². The number of ether oxygens (including phenoxy) is 2. The molecule has 2 amide bonds. The summed E-state index contributed by atoms with van der Waals surface area (Å²) in [4.78, 5) is 36.9. The molecule has 1 N–H and O–H groups in total. The van der Waals surface area contributed by atoms with Crippen molar-refractivity contribution >= 4 is 17.8 Å². The van der Waals surface area contributed by atoms with Crippen molar-refractivity contribution in [1.29, 1.82) is 0 Å². The summed E-state index contributed by atoms with van der Waals surface area (Å²) >= 11 is 0. The van der Waals surface area contributed by atoms with Gasteiger partial charge in [-0.2, -0.15) is 0 Å². The molecule has 4 saturated carbocycles. The first-order valence-corrected chi connectivity index (χ1v) is 9.69. The Hall–Kier alpha value is -2.37. The summed E-state index contributed by atoms with van der Waals surface area (Å²) < 4.78 is 10.4. The number of hydrogen-bond acceptors (Lipinski definition) is 5. The summed E-state index contributed by atoms with van der Waals surface area (Å²) in [5.41, 5.74) is 0.265. The van der Waals surface area contributed by atoms with Crippen LogP contribution in [0.3, 0.4) is 0 Å². The van der Waals surface area contributed by atoms with Crippen molar-refractivity contribution in [2.75, 3.05) is 13.7 Å². The first-order chi connectivity index (χ1) is 13.0. The Morgan fingerprint density at radius 2 is 1.63 bits per heavy atom. The Morgan fingerprint density at radius 1 is 1.00 bits per heavy atom. The van der Waals surface area contributed by atoms with Gasteiger partial charge in [0.1, 0.15) is 5.75 Å². The SMILES string of the molecule is COc1ccccc1C(=O)NC(=O)COC(=O)C1C2CC3CC(C2)CC1C3. The van der Waals surface area contributed by atoms with Gasteiger partial charge in [-0.15, -0.1) is 0 Å². The number of imide groups is 1. The first-order valence-electron chi connectivity index (χ1n) is 9.69. The van der Waals surface area contributed by atoms with E-state index in [9.17, 15) is 14.4 Å². The topological polar surface area (TPSA) is 81.7 Å². The smallest absolute Gasteiger partial charge is 0.310 e. The number of carbonyl (C=O) groups is 3. The van der Waals surface area contributed by atoms with E-state index in [1.807, 2.05) is 0 Å². The van der Waals surface area contributed by atoms with Gasteiger partial charge in [0.15, 0.2) is 6.61 Å². The lowest BCUT2D eigenvalue weighted by atomic mass is 9.52. The Balaban J connectivity index is 1.30. The van der Waals surface area contributed by atoms with Gasteiger partial charge < -0.3 is 9.47 Å². The van der Waals surface area contributed by atoms with Gasteiger partial charge in [-0.1, -0.05) is 12.1 Å². The minimum atomic E-state index is -0.622. The van der Waals surface area contributed by atoms with Crippen LogP contribution in [0.25, 0.3) is 0 Å². The molecule has 1 aromatic carbocycles. The predicted octanol–water partition coefficient (Wildman–Crippen LogP) is 2.57. The van der Waals surface area contributed by atoms with E-state index in [1.54, 1.807) is 24.3 Å². The average molecular weight is 371 g/mol. The highest BCUT2D eigenvalue weighted by atomic mass is 16.5. The van der Waals surface area contributed by atoms with Gasteiger partial charge in [-0.3, -0.25) is 19.7 Å². The zero-order valence-electron chi connectivity index (χ0n) is 15.5. The molecule has 6 heteroatoms. The summed E-state index contributed by atoms with van der Waals surface area (Å²) in [6.07, 6.45) is 5.79. The molecule has 0 aromatic heterocycles. The van der Waals surface area contributed by atoms with Crippen LogP contribution in [0.1, 0.15) is 42.5 Å². The van der Waals surface area contributed by atoms with Crippen LogP contribution >= 0.6 is 0 Å². The molecule has 0 heterocycles. The van der Waals surface area contributed by atoms with Gasteiger partial charge in [0.05, 0.1) is 18.6 Å². The Bertz CT molecular complexity index is 731. The third-order valence-corrected chi connectivity index (χ3v) is 6.45. The molecule has 6 nitrogen and oxygen atoms in total. The summed E-state index contributed by atoms with van der Waals surface area (Å²) in [6.45, 7) is -0.428. The maximum absolute atomic E-state index is 12.6. The van der Waals surface area contributed by atoms with Gasteiger partial charge >= 0.3 is 5.97 Å². The molecular weight excluding hydrogens is 346 g/mol. The molecule has 0 aliphatic heterocycles. The largest absolute Gasteiger partial charge is 0.496 e. The lowest BCUT2D eigenvalue weighted by Gasteiger charge is -2.53. The monoisotopic (exact) mass is 371 g/mol. The minimum Gasteiger partial charge on any atom is -0.496 e. The number of amides is 2. The number of benzene rings is 1. The number of hydrogen-bond donors (Lipinski definition) is 1. The molecule has 0 atom stereocenters. The van der Waals surface area contributed by atoms with Gasteiger partial charge in [0, 0.05) is 0 Å². The fourth-order valence-electron chi connectivity index (χ4n) is 5.61. The van der Waals surface area contributed by atoms with Crippen molar-refractivity contribution in [3.8, 4) is 5.75 Å². The maximum Gasteiger partial charge on any atom is 0.310 e. The molecular formula is C21H25NO5. The Labute approximate surface area is 158 Å². The highest BCUT2D eigenvalue weighted by Crippen LogP contribution is 2.56. The lowest BCUT2D eigenvalue weighted by Crippen LogP contribution is -2.48. The molecule has 4 aliphatic rings. The first kappa shape index (κ1) is 18.0. The van der Waals surface area contributed by atoms with Crippen LogP contribution in [0.15, 0.2) is 24.3 Å². The Kier molecular flexibility index (Phi) is 4.89. The van der Waals surface area contributed by atoms with E-state index in [1.165, 1.54) is 13.5 Å². The van der Waals surface area contributed by atoms with E-state index in [0.717, 1.165) is 37.5 Å². The van der Waals surface area contributed by atoms with Crippen LogP contribution in [0.4, 0.5) is 0 Å². The summed E-state index contributed by atoms with van der Waals surface area (Å²) in [5.74, 6) is 1.22. The van der Waals surface area contributed by atoms with E-state index >= 15 is 0 Å². The molecule has 144 valence electrons. The third-order valence-electron chi connectivity index (χ3n) is 6.45. The second-order valence-electron chi connectivity index (χ2n) is 8.14. The summed E-state index contributed by atoms with van der Waals surface area (Å²) in [7, 11) is 1.46. The molecule has 0 saturated heterocycles. The van der Waals surface area contributed by atoms with Crippen molar-refractivity contribution in [2.24, 2.45) is 29.6 Å². The zero-order valence-corrected chi connectivity index (χ0v) is 15.5. The van der Waals surface area contributed by atoms with Crippen molar-refractivity contribution in [2.45, 2.75) is 32.1 Å². The second-order valence-corrected chi connectivity index (χ2v) is 8.14. The predicted molar refractivity (Wildman–Crippen MR) is 97.0 cm³/mol. The van der Waals surface area contributed by atoms with E-state index in [-0.39, 0.29) is 17.5 Å². The molecule has 4 aliphatic carbocycles. The lowest BCUT2D eigenvalue weighted by molar-refractivity contribution is -0.164. The third kappa shape index (κ3) is 3.57. The van der Waals surface area contributed by atoms with Crippen LogP contribution in [0.5, 0.6) is 5.75 Å². The van der Waals surface area contributed by atoms with Crippen molar-refractivity contribution in [1.82, 2.24) is 5.32 Å². The highest BCUT2D eigenvalue weighted by molar-refractivity contribution is 6.06. The number of esters is 1. The molecule has 0 spiro atoms. The van der Waals surface area contributed by atoms with Crippen LogP contribution in [0, 0.1) is 29.6 Å². The standard InChI is InChI=1S/C21H25NO5/c1-26-17-5-3-2-4-16(17)20(24)22-18(23)11-27-21(25)19-14-7-12-6-13(9-14)10-15(19)8-12/h2-5,12-15,19H,6-11H2,1H3,(H,22,23,24). The molecule has 4 fully saturated rings. The van der Waals surface area contributed by atoms with Gasteiger partial charge in [-0.25, -0.2) is 0 Å². The Morgan fingerprint density at radius 3 is 2.26 bits per heavy atom.